The molecular formula is C24H38FNO3P+. The summed E-state index contributed by atoms with van der Waals surface area (Å²) < 4.78 is 27.9. The van der Waals surface area contributed by atoms with Crippen LogP contribution < -0.4 is 5.32 Å². The fourth-order valence-electron chi connectivity index (χ4n) is 7.76. The molecule has 3 fully saturated rings. The molecule has 0 aromatic heterocycles. The van der Waals surface area contributed by atoms with E-state index in [-0.39, 0.29) is 22.6 Å². The first-order valence-electron chi connectivity index (χ1n) is 11.7. The van der Waals surface area contributed by atoms with Crippen LogP contribution in [0.25, 0.3) is 0 Å². The molecule has 4 aliphatic rings. The standard InChI is InChI=1S/C24H37FNO3P/c1-22(2,3)21(27)26-18-13-24(5)16-10-12-23(4)11-6-7-15(23)14(16)8-9-17(24)19(25)20(18)30(28)29/h14-18H,6-13H2,1-5H3,(H-,26,27,28,29)/p+1/t14?,15?,16?,17-,18?,23-,24+/m0/s1. The molecule has 4 aliphatic carbocycles. The third-order valence-electron chi connectivity index (χ3n) is 9.37. The van der Waals surface area contributed by atoms with Crippen molar-refractivity contribution in [2.24, 2.45) is 39.9 Å². The second-order valence-electron chi connectivity index (χ2n) is 12.1. The van der Waals surface area contributed by atoms with E-state index in [1.807, 2.05) is 20.8 Å². The lowest BCUT2D eigenvalue weighted by Gasteiger charge is -2.59. The highest BCUT2D eigenvalue weighted by Gasteiger charge is 2.62. The maximum absolute atomic E-state index is 15.8. The molecule has 8 atom stereocenters. The topological polar surface area (TPSA) is 66.4 Å². The SMILES string of the molecule is CC(C)(C)C(=O)NC1C[C@]2(C)C3CC[C@]4(C)CCCC4C3CC[C@H]2C(F)=C1[P+](=O)O. The summed E-state index contributed by atoms with van der Waals surface area (Å²) in [6, 6.07) is -0.692. The first kappa shape index (κ1) is 22.4. The number of nitrogens with one attached hydrogen (secondary N) is 1. The van der Waals surface area contributed by atoms with E-state index in [2.05, 4.69) is 19.2 Å². The van der Waals surface area contributed by atoms with Crippen LogP contribution in [0.2, 0.25) is 0 Å². The van der Waals surface area contributed by atoms with Crippen LogP contribution in [0.15, 0.2) is 11.1 Å². The number of amides is 1. The zero-order chi connectivity index (χ0) is 22.1. The van der Waals surface area contributed by atoms with E-state index in [0.29, 0.717) is 23.7 Å². The highest BCUT2D eigenvalue weighted by Crippen LogP contribution is 2.67. The quantitative estimate of drug-likeness (QED) is 0.513. The zero-order valence-electron chi connectivity index (χ0n) is 19.1. The predicted molar refractivity (Wildman–Crippen MR) is 116 cm³/mol. The molecule has 5 unspecified atom stereocenters. The van der Waals surface area contributed by atoms with E-state index in [0.717, 1.165) is 25.2 Å². The van der Waals surface area contributed by atoms with Crippen molar-refractivity contribution in [1.29, 1.82) is 0 Å². The van der Waals surface area contributed by atoms with Crippen molar-refractivity contribution in [1.82, 2.24) is 5.32 Å². The van der Waals surface area contributed by atoms with Crippen molar-refractivity contribution in [3.05, 3.63) is 11.1 Å². The molecule has 0 aliphatic heterocycles. The summed E-state index contributed by atoms with van der Waals surface area (Å²) in [7, 11) is -2.82. The molecule has 168 valence electrons. The molecule has 0 saturated heterocycles. The fraction of sp³-hybridized carbons (Fsp3) is 0.875. The van der Waals surface area contributed by atoms with Crippen LogP contribution in [0.1, 0.15) is 86.0 Å². The Labute approximate surface area is 181 Å². The fourth-order valence-corrected chi connectivity index (χ4v) is 8.52. The smallest absolute Gasteiger partial charge is 0.345 e. The minimum absolute atomic E-state index is 0.0648. The van der Waals surface area contributed by atoms with Crippen LogP contribution in [0.5, 0.6) is 0 Å². The molecule has 1 amide bonds. The van der Waals surface area contributed by atoms with E-state index >= 15 is 4.39 Å². The first-order valence-corrected chi connectivity index (χ1v) is 13.0. The first-order chi connectivity index (χ1) is 13.9. The Balaban J connectivity index is 1.70. The highest BCUT2D eigenvalue weighted by molar-refractivity contribution is 7.43. The summed E-state index contributed by atoms with van der Waals surface area (Å²) in [5.41, 5.74) is -0.472. The van der Waals surface area contributed by atoms with E-state index in [1.54, 1.807) is 0 Å². The minimum Gasteiger partial charge on any atom is -0.345 e. The number of halogens is 1. The van der Waals surface area contributed by atoms with Crippen LogP contribution in [0.3, 0.4) is 0 Å². The molecule has 6 heteroatoms. The summed E-state index contributed by atoms with van der Waals surface area (Å²) in [5, 5.41) is 2.88. The predicted octanol–water partition coefficient (Wildman–Crippen LogP) is 6.09. The number of fused-ring (bicyclic) bond motifs is 5. The monoisotopic (exact) mass is 438 g/mol. The Morgan fingerprint density at radius 2 is 1.83 bits per heavy atom. The molecule has 4 rings (SSSR count). The van der Waals surface area contributed by atoms with Gasteiger partial charge in [0.1, 0.15) is 6.04 Å². The van der Waals surface area contributed by atoms with Gasteiger partial charge in [-0.2, -0.15) is 4.89 Å². The molecule has 0 bridgehead atoms. The Kier molecular flexibility index (Phi) is 5.50. The van der Waals surface area contributed by atoms with Gasteiger partial charge in [0.05, 0.1) is 0 Å². The van der Waals surface area contributed by atoms with Crippen LogP contribution >= 0.6 is 8.03 Å². The molecule has 30 heavy (non-hydrogen) atoms. The van der Waals surface area contributed by atoms with E-state index in [1.165, 1.54) is 25.7 Å². The molecule has 0 aromatic rings. The van der Waals surface area contributed by atoms with Crippen molar-refractivity contribution in [3.63, 3.8) is 0 Å². The summed E-state index contributed by atoms with van der Waals surface area (Å²) in [5.74, 6) is 0.850. The maximum Gasteiger partial charge on any atom is 0.546 e. The van der Waals surface area contributed by atoms with Crippen LogP contribution in [0, 0.1) is 39.9 Å². The van der Waals surface area contributed by atoms with Crippen molar-refractivity contribution in [2.75, 3.05) is 0 Å². The molecule has 0 aromatic carbocycles. The molecule has 0 heterocycles. The Morgan fingerprint density at radius 1 is 1.13 bits per heavy atom. The molecule has 0 spiro atoms. The lowest BCUT2D eigenvalue weighted by Crippen LogP contribution is -2.56. The summed E-state index contributed by atoms with van der Waals surface area (Å²) in [4.78, 5) is 22.7. The van der Waals surface area contributed by atoms with Gasteiger partial charge in [0.2, 0.25) is 5.91 Å². The Bertz CT molecular complexity index is 790. The van der Waals surface area contributed by atoms with E-state index in [9.17, 15) is 14.3 Å². The number of hydrogen-bond acceptors (Lipinski definition) is 2. The van der Waals surface area contributed by atoms with Gasteiger partial charge in [-0.25, -0.2) is 4.39 Å². The van der Waals surface area contributed by atoms with Gasteiger partial charge in [0.15, 0.2) is 5.83 Å². The van der Waals surface area contributed by atoms with E-state index < -0.39 is 25.3 Å². The second-order valence-corrected chi connectivity index (χ2v) is 13.1. The van der Waals surface area contributed by atoms with Gasteiger partial charge in [0.25, 0.3) is 5.31 Å². The van der Waals surface area contributed by atoms with Crippen molar-refractivity contribution >= 4 is 13.9 Å². The van der Waals surface area contributed by atoms with Crippen LogP contribution in [0.4, 0.5) is 4.39 Å². The number of rotatable bonds is 2. The lowest BCUT2D eigenvalue weighted by atomic mass is 9.45. The number of carbonyl (C=O) groups is 1. The summed E-state index contributed by atoms with van der Waals surface area (Å²) in [6.07, 6.45) is 8.55. The average Bonchev–Trinajstić information content (AvgIpc) is 3.02. The van der Waals surface area contributed by atoms with Gasteiger partial charge < -0.3 is 5.32 Å². The molecule has 0 radical (unpaired) electrons. The Morgan fingerprint density at radius 3 is 2.47 bits per heavy atom. The van der Waals surface area contributed by atoms with Crippen LogP contribution in [-0.4, -0.2) is 16.8 Å². The van der Waals surface area contributed by atoms with Gasteiger partial charge in [-0.3, -0.25) is 4.79 Å². The van der Waals surface area contributed by atoms with Crippen molar-refractivity contribution in [2.45, 2.75) is 92.0 Å². The van der Waals surface area contributed by atoms with E-state index in [4.69, 9.17) is 0 Å². The van der Waals surface area contributed by atoms with Gasteiger partial charge in [0, 0.05) is 11.3 Å². The summed E-state index contributed by atoms with van der Waals surface area (Å²) in [6.45, 7) is 10.1. The molecular weight excluding hydrogens is 400 g/mol. The Hall–Kier alpha value is -0.800. The second kappa shape index (κ2) is 7.37. The van der Waals surface area contributed by atoms with Gasteiger partial charge in [-0.1, -0.05) is 41.0 Å². The van der Waals surface area contributed by atoms with Gasteiger partial charge in [-0.05, 0) is 78.1 Å². The summed E-state index contributed by atoms with van der Waals surface area (Å²) >= 11 is 0. The third-order valence-corrected chi connectivity index (χ3v) is 10.3. The van der Waals surface area contributed by atoms with Crippen LogP contribution in [-0.2, 0) is 9.36 Å². The molecule has 3 saturated carbocycles. The van der Waals surface area contributed by atoms with Crippen molar-refractivity contribution in [3.8, 4) is 0 Å². The number of allylic oxidation sites excluding steroid dienone is 1. The van der Waals surface area contributed by atoms with Crippen molar-refractivity contribution < 1.29 is 18.6 Å². The largest absolute Gasteiger partial charge is 0.546 e. The number of carbonyl (C=O) groups excluding carboxylic acids is 1. The average molecular weight is 439 g/mol. The lowest BCUT2D eigenvalue weighted by molar-refractivity contribution is -0.130. The third kappa shape index (κ3) is 3.39. The number of hydrogen-bond donors (Lipinski definition) is 2. The molecule has 4 nitrogen and oxygen atoms in total. The highest BCUT2D eigenvalue weighted by atomic mass is 31.1. The maximum atomic E-state index is 15.8. The van der Waals surface area contributed by atoms with Gasteiger partial charge in [-0.15, -0.1) is 0 Å². The normalized spacial score (nSPS) is 44.1. The minimum atomic E-state index is -2.82. The van der Waals surface area contributed by atoms with Gasteiger partial charge >= 0.3 is 8.03 Å². The molecule has 2 N–H and O–H groups in total. The zero-order valence-corrected chi connectivity index (χ0v) is 20.0.